The first kappa shape index (κ1) is 9.45. The minimum absolute atomic E-state index is 0.341. The van der Waals surface area contributed by atoms with Crippen molar-refractivity contribution in [3.63, 3.8) is 0 Å². The third-order valence-corrected chi connectivity index (χ3v) is 2.98. The van der Waals surface area contributed by atoms with E-state index in [-0.39, 0.29) is 0 Å². The Labute approximate surface area is 85.1 Å². The molecular weight excluding hydrogens is 172 g/mol. The van der Waals surface area contributed by atoms with Gasteiger partial charge < -0.3 is 0 Å². The van der Waals surface area contributed by atoms with Crippen LogP contribution in [0.5, 0.6) is 0 Å². The third kappa shape index (κ3) is 1.72. The highest BCUT2D eigenvalue weighted by atomic mass is 16.1. The second-order valence-corrected chi connectivity index (χ2v) is 3.98. The third-order valence-electron chi connectivity index (χ3n) is 2.98. The highest BCUT2D eigenvalue weighted by molar-refractivity contribution is 5.97. The molecule has 1 heteroatoms. The van der Waals surface area contributed by atoms with E-state index in [1.165, 1.54) is 11.1 Å². The summed E-state index contributed by atoms with van der Waals surface area (Å²) in [6.45, 7) is 2.13. The minimum atomic E-state index is 0.341. The summed E-state index contributed by atoms with van der Waals surface area (Å²) in [5, 5.41) is 0. The number of fused-ring (bicyclic) bond motifs is 1. The fourth-order valence-electron chi connectivity index (χ4n) is 2.06. The van der Waals surface area contributed by atoms with Crippen molar-refractivity contribution in [2.24, 2.45) is 0 Å². The van der Waals surface area contributed by atoms with Crippen LogP contribution in [0.15, 0.2) is 18.2 Å². The Kier molecular flexibility index (Phi) is 2.67. The summed E-state index contributed by atoms with van der Waals surface area (Å²) < 4.78 is 0. The molecule has 0 saturated heterocycles. The Morgan fingerprint density at radius 3 is 2.79 bits per heavy atom. The van der Waals surface area contributed by atoms with Crippen molar-refractivity contribution >= 4 is 5.78 Å². The van der Waals surface area contributed by atoms with E-state index < -0.39 is 0 Å². The van der Waals surface area contributed by atoms with Gasteiger partial charge in [-0.15, -0.1) is 0 Å². The number of hydrogen-bond donors (Lipinski definition) is 0. The van der Waals surface area contributed by atoms with Gasteiger partial charge in [-0.1, -0.05) is 19.1 Å². The van der Waals surface area contributed by atoms with Gasteiger partial charge in [0.1, 0.15) is 0 Å². The molecule has 0 amide bonds. The molecule has 0 N–H and O–H groups in total. The van der Waals surface area contributed by atoms with Crippen LogP contribution in [0.25, 0.3) is 0 Å². The molecule has 1 aliphatic rings. The molecule has 0 atom stereocenters. The lowest BCUT2D eigenvalue weighted by Crippen LogP contribution is -2.01. The zero-order valence-electron chi connectivity index (χ0n) is 8.68. The lowest BCUT2D eigenvalue weighted by Gasteiger charge is -2.06. The van der Waals surface area contributed by atoms with Gasteiger partial charge in [-0.2, -0.15) is 0 Å². The predicted molar refractivity (Wildman–Crippen MR) is 57.7 cm³/mol. The zero-order chi connectivity index (χ0) is 9.97. The van der Waals surface area contributed by atoms with Crippen molar-refractivity contribution in [3.05, 3.63) is 34.9 Å². The van der Waals surface area contributed by atoms with Gasteiger partial charge in [0.15, 0.2) is 5.78 Å². The van der Waals surface area contributed by atoms with E-state index in [2.05, 4.69) is 25.1 Å². The Bertz CT molecular complexity index is 352. The normalized spacial score (nSPS) is 16.2. The van der Waals surface area contributed by atoms with Gasteiger partial charge in [0.2, 0.25) is 0 Å². The molecule has 14 heavy (non-hydrogen) atoms. The summed E-state index contributed by atoms with van der Waals surface area (Å²) in [7, 11) is 0. The van der Waals surface area contributed by atoms with Gasteiger partial charge >= 0.3 is 0 Å². The lowest BCUT2D eigenvalue weighted by atomic mass is 9.98. The molecule has 1 aromatic carbocycles. The van der Waals surface area contributed by atoms with Crippen molar-refractivity contribution in [1.82, 2.24) is 0 Å². The topological polar surface area (TPSA) is 17.1 Å². The first-order valence-electron chi connectivity index (χ1n) is 5.46. The van der Waals surface area contributed by atoms with Crippen LogP contribution >= 0.6 is 0 Å². The number of benzene rings is 1. The molecule has 74 valence electrons. The summed E-state index contributed by atoms with van der Waals surface area (Å²) in [6, 6.07) is 6.37. The van der Waals surface area contributed by atoms with E-state index in [0.717, 1.165) is 37.7 Å². The van der Waals surface area contributed by atoms with E-state index in [1.54, 1.807) is 0 Å². The maximum absolute atomic E-state index is 11.8. The van der Waals surface area contributed by atoms with Gasteiger partial charge in [0, 0.05) is 12.0 Å². The zero-order valence-corrected chi connectivity index (χ0v) is 8.68. The van der Waals surface area contributed by atoms with Crippen LogP contribution < -0.4 is 0 Å². The van der Waals surface area contributed by atoms with Crippen molar-refractivity contribution in [1.29, 1.82) is 0 Å². The van der Waals surface area contributed by atoms with Crippen LogP contribution in [0.1, 0.15) is 47.7 Å². The predicted octanol–water partition coefficient (Wildman–Crippen LogP) is 3.16. The molecule has 0 unspecified atom stereocenters. The summed E-state index contributed by atoms with van der Waals surface area (Å²) in [4.78, 5) is 11.8. The molecule has 0 spiro atoms. The molecular formula is C13H16O. The first-order valence-corrected chi connectivity index (χ1v) is 5.46. The molecule has 0 aliphatic heterocycles. The SMILES string of the molecule is CCc1ccc2c(c1)C(=O)CCCC2. The van der Waals surface area contributed by atoms with E-state index in [0.29, 0.717) is 5.78 Å². The fourth-order valence-corrected chi connectivity index (χ4v) is 2.06. The summed E-state index contributed by atoms with van der Waals surface area (Å²) in [6.07, 6.45) is 5.03. The summed E-state index contributed by atoms with van der Waals surface area (Å²) in [5.74, 6) is 0.341. The molecule has 0 radical (unpaired) electrons. The smallest absolute Gasteiger partial charge is 0.163 e. The summed E-state index contributed by atoms with van der Waals surface area (Å²) >= 11 is 0. The van der Waals surface area contributed by atoms with E-state index >= 15 is 0 Å². The minimum Gasteiger partial charge on any atom is -0.294 e. The van der Waals surface area contributed by atoms with Crippen LogP contribution in [0.2, 0.25) is 0 Å². The maximum Gasteiger partial charge on any atom is 0.163 e. The highest BCUT2D eigenvalue weighted by Crippen LogP contribution is 2.21. The van der Waals surface area contributed by atoms with Crippen LogP contribution in [-0.4, -0.2) is 5.78 Å². The molecule has 0 heterocycles. The Morgan fingerprint density at radius 1 is 1.21 bits per heavy atom. The van der Waals surface area contributed by atoms with Gasteiger partial charge in [0.25, 0.3) is 0 Å². The van der Waals surface area contributed by atoms with Crippen LogP contribution in [0.3, 0.4) is 0 Å². The monoisotopic (exact) mass is 188 g/mol. The van der Waals surface area contributed by atoms with E-state index in [9.17, 15) is 4.79 Å². The largest absolute Gasteiger partial charge is 0.294 e. The van der Waals surface area contributed by atoms with Crippen molar-refractivity contribution < 1.29 is 4.79 Å². The molecule has 0 saturated carbocycles. The standard InChI is InChI=1S/C13H16O/c1-2-10-7-8-11-5-3-4-6-13(14)12(11)9-10/h7-9H,2-6H2,1H3. The first-order chi connectivity index (χ1) is 6.81. The number of carbonyl (C=O) groups excluding carboxylic acids is 1. The van der Waals surface area contributed by atoms with Crippen LogP contribution in [0, 0.1) is 0 Å². The quantitative estimate of drug-likeness (QED) is 0.619. The van der Waals surface area contributed by atoms with Crippen LogP contribution in [0.4, 0.5) is 0 Å². The average Bonchev–Trinajstić information content (AvgIpc) is 2.40. The molecule has 1 aromatic rings. The fraction of sp³-hybridized carbons (Fsp3) is 0.462. The number of aryl methyl sites for hydroxylation is 2. The number of carbonyl (C=O) groups is 1. The molecule has 1 aliphatic carbocycles. The van der Waals surface area contributed by atoms with E-state index in [1.807, 2.05) is 0 Å². The molecule has 0 fully saturated rings. The number of hydrogen-bond acceptors (Lipinski definition) is 1. The Hall–Kier alpha value is -1.11. The highest BCUT2D eigenvalue weighted by Gasteiger charge is 2.15. The molecule has 0 aromatic heterocycles. The lowest BCUT2D eigenvalue weighted by molar-refractivity contribution is 0.0982. The Balaban J connectivity index is 2.44. The Morgan fingerprint density at radius 2 is 2.00 bits per heavy atom. The van der Waals surface area contributed by atoms with Crippen molar-refractivity contribution in [2.45, 2.75) is 39.0 Å². The van der Waals surface area contributed by atoms with E-state index in [4.69, 9.17) is 0 Å². The van der Waals surface area contributed by atoms with Crippen LogP contribution in [-0.2, 0) is 12.8 Å². The van der Waals surface area contributed by atoms with Gasteiger partial charge in [-0.05, 0) is 42.9 Å². The molecule has 0 bridgehead atoms. The van der Waals surface area contributed by atoms with Gasteiger partial charge in [-0.25, -0.2) is 0 Å². The van der Waals surface area contributed by atoms with Crippen molar-refractivity contribution in [3.8, 4) is 0 Å². The van der Waals surface area contributed by atoms with Crippen molar-refractivity contribution in [2.75, 3.05) is 0 Å². The second-order valence-electron chi connectivity index (χ2n) is 3.98. The molecule has 1 nitrogen and oxygen atoms in total. The van der Waals surface area contributed by atoms with Gasteiger partial charge in [0.05, 0.1) is 0 Å². The number of Topliss-reactive ketones (excluding diaryl/α,β-unsaturated/α-hetero) is 1. The maximum atomic E-state index is 11.8. The summed E-state index contributed by atoms with van der Waals surface area (Å²) in [5.41, 5.74) is 3.52. The average molecular weight is 188 g/mol. The second kappa shape index (κ2) is 3.95. The number of ketones is 1. The van der Waals surface area contributed by atoms with Gasteiger partial charge in [-0.3, -0.25) is 4.79 Å². The number of rotatable bonds is 1. The molecule has 2 rings (SSSR count).